The van der Waals surface area contributed by atoms with Crippen LogP contribution < -0.4 is 0 Å². The summed E-state index contributed by atoms with van der Waals surface area (Å²) >= 11 is 12.3. The van der Waals surface area contributed by atoms with Crippen LogP contribution in [-0.4, -0.2) is 69.6 Å². The molecule has 164 valence electrons. The minimum absolute atomic E-state index is 0.0702. The maximum Gasteiger partial charge on any atom is 0.332 e. The Morgan fingerprint density at radius 2 is 1.53 bits per heavy atom. The van der Waals surface area contributed by atoms with Gasteiger partial charge in [0.15, 0.2) is 5.84 Å². The number of amides is 4. The van der Waals surface area contributed by atoms with Crippen LogP contribution >= 0.6 is 23.2 Å². The number of nitrogens with zero attached hydrogens (tertiary/aromatic N) is 5. The fraction of sp³-hybridized carbons (Fsp3) is 0.190. The molecular formula is C21H17Cl2N5O4. The van der Waals surface area contributed by atoms with Crippen molar-refractivity contribution in [2.75, 3.05) is 14.1 Å². The predicted molar refractivity (Wildman–Crippen MR) is 118 cm³/mol. The van der Waals surface area contributed by atoms with Crippen molar-refractivity contribution in [3.8, 4) is 0 Å². The van der Waals surface area contributed by atoms with Crippen LogP contribution in [0.3, 0.4) is 0 Å². The van der Waals surface area contributed by atoms with E-state index in [2.05, 4.69) is 10.2 Å². The predicted octanol–water partition coefficient (Wildman–Crippen LogP) is 2.88. The number of benzene rings is 2. The SMILES string of the molecule is CN1C(=O)C(C2C(c3ccccc3)=NN=C(c3ccc(Cl)cc3Cl)N2O)C(=O)N(C)C1=O. The molecule has 9 nitrogen and oxygen atoms in total. The summed E-state index contributed by atoms with van der Waals surface area (Å²) in [5.41, 5.74) is 1.03. The van der Waals surface area contributed by atoms with Gasteiger partial charge in [0.05, 0.1) is 10.7 Å². The maximum atomic E-state index is 13.0. The molecule has 0 bridgehead atoms. The summed E-state index contributed by atoms with van der Waals surface area (Å²) in [6, 6.07) is 11.3. The van der Waals surface area contributed by atoms with Crippen molar-refractivity contribution in [2.45, 2.75) is 6.04 Å². The monoisotopic (exact) mass is 473 g/mol. The van der Waals surface area contributed by atoms with Gasteiger partial charge in [-0.15, -0.1) is 5.10 Å². The first-order valence-corrected chi connectivity index (χ1v) is 10.2. The van der Waals surface area contributed by atoms with Gasteiger partial charge in [0.25, 0.3) is 0 Å². The van der Waals surface area contributed by atoms with Gasteiger partial charge >= 0.3 is 6.03 Å². The molecule has 1 saturated heterocycles. The summed E-state index contributed by atoms with van der Waals surface area (Å²) in [6.07, 6.45) is 0. The number of amidine groups is 1. The molecule has 1 fully saturated rings. The molecule has 32 heavy (non-hydrogen) atoms. The first-order valence-electron chi connectivity index (χ1n) is 9.46. The van der Waals surface area contributed by atoms with Crippen molar-refractivity contribution >= 4 is 52.6 Å². The first kappa shape index (κ1) is 21.9. The topological polar surface area (TPSA) is 106 Å². The van der Waals surface area contributed by atoms with Gasteiger partial charge in [-0.2, -0.15) is 5.10 Å². The molecule has 4 rings (SSSR count). The third kappa shape index (κ3) is 3.54. The van der Waals surface area contributed by atoms with Crippen molar-refractivity contribution in [3.05, 3.63) is 69.7 Å². The molecule has 0 aromatic heterocycles. The summed E-state index contributed by atoms with van der Waals surface area (Å²) in [6.45, 7) is 0. The number of halogens is 2. The summed E-state index contributed by atoms with van der Waals surface area (Å²) in [5, 5.41) is 20.9. The van der Waals surface area contributed by atoms with E-state index in [0.717, 1.165) is 9.80 Å². The Morgan fingerprint density at radius 1 is 0.906 bits per heavy atom. The summed E-state index contributed by atoms with van der Waals surface area (Å²) < 4.78 is 0. The van der Waals surface area contributed by atoms with Gasteiger partial charge in [-0.25, -0.2) is 9.86 Å². The molecule has 0 spiro atoms. The van der Waals surface area contributed by atoms with Crippen LogP contribution in [0.15, 0.2) is 58.7 Å². The van der Waals surface area contributed by atoms with E-state index in [1.54, 1.807) is 42.5 Å². The molecule has 2 aromatic carbocycles. The van der Waals surface area contributed by atoms with Gasteiger partial charge in [-0.1, -0.05) is 53.5 Å². The standard InChI is InChI=1S/C21H17Cl2N5O4/c1-26-19(29)15(20(30)27(2)21(26)31)17-16(11-6-4-3-5-7-11)24-25-18(28(17)32)13-9-8-12(22)10-14(13)23/h3-10,15,17,32H,1-2H3. The zero-order valence-corrected chi connectivity index (χ0v) is 18.4. The van der Waals surface area contributed by atoms with Crippen LogP contribution in [0.1, 0.15) is 11.1 Å². The number of hydrogen-bond donors (Lipinski definition) is 1. The van der Waals surface area contributed by atoms with Gasteiger partial charge < -0.3 is 0 Å². The van der Waals surface area contributed by atoms with Gasteiger partial charge in [0.1, 0.15) is 12.0 Å². The lowest BCUT2D eigenvalue weighted by molar-refractivity contribution is -0.154. The molecule has 2 aliphatic rings. The van der Waals surface area contributed by atoms with E-state index in [9.17, 15) is 19.6 Å². The summed E-state index contributed by atoms with van der Waals surface area (Å²) in [5.74, 6) is -3.06. The van der Waals surface area contributed by atoms with Crippen molar-refractivity contribution < 1.29 is 19.6 Å². The Kier molecular flexibility index (Phi) is 5.72. The van der Waals surface area contributed by atoms with E-state index < -0.39 is 29.8 Å². The molecule has 2 aromatic rings. The van der Waals surface area contributed by atoms with E-state index in [1.165, 1.54) is 20.2 Å². The molecule has 1 atom stereocenters. The van der Waals surface area contributed by atoms with E-state index in [0.29, 0.717) is 21.2 Å². The minimum atomic E-state index is -1.46. The number of barbiturate groups is 1. The highest BCUT2D eigenvalue weighted by Gasteiger charge is 2.52. The number of urea groups is 1. The van der Waals surface area contributed by atoms with Crippen LogP contribution in [-0.2, 0) is 9.59 Å². The molecule has 0 saturated carbocycles. The normalized spacial score (nSPS) is 20.0. The Bertz CT molecular complexity index is 1160. The third-order valence-electron chi connectivity index (χ3n) is 5.34. The molecule has 0 radical (unpaired) electrons. The highest BCUT2D eigenvalue weighted by atomic mass is 35.5. The third-order valence-corrected chi connectivity index (χ3v) is 5.89. The Morgan fingerprint density at radius 3 is 2.12 bits per heavy atom. The van der Waals surface area contributed by atoms with Crippen LogP contribution in [0.25, 0.3) is 0 Å². The molecule has 1 N–H and O–H groups in total. The first-order chi connectivity index (χ1) is 15.2. The Balaban J connectivity index is 1.88. The highest BCUT2D eigenvalue weighted by molar-refractivity contribution is 6.37. The zero-order chi connectivity index (χ0) is 23.2. The average molecular weight is 474 g/mol. The van der Waals surface area contributed by atoms with Crippen LogP contribution in [0.2, 0.25) is 10.0 Å². The van der Waals surface area contributed by atoms with E-state index in [4.69, 9.17) is 23.2 Å². The number of hydrogen-bond acceptors (Lipinski definition) is 7. The number of rotatable bonds is 3. The quantitative estimate of drug-likeness (QED) is 0.689. The lowest BCUT2D eigenvalue weighted by Gasteiger charge is -2.40. The van der Waals surface area contributed by atoms with Crippen molar-refractivity contribution in [1.29, 1.82) is 0 Å². The smallest absolute Gasteiger partial charge is 0.286 e. The van der Waals surface area contributed by atoms with Crippen LogP contribution in [0, 0.1) is 5.92 Å². The van der Waals surface area contributed by atoms with E-state index in [-0.39, 0.29) is 16.6 Å². The zero-order valence-electron chi connectivity index (χ0n) is 16.9. The van der Waals surface area contributed by atoms with E-state index in [1.807, 2.05) is 0 Å². The highest BCUT2D eigenvalue weighted by Crippen LogP contribution is 2.30. The van der Waals surface area contributed by atoms with Crippen LogP contribution in [0.4, 0.5) is 4.79 Å². The molecular weight excluding hydrogens is 457 g/mol. The molecule has 2 aliphatic heterocycles. The second-order valence-electron chi connectivity index (χ2n) is 7.24. The summed E-state index contributed by atoms with van der Waals surface area (Å²) in [7, 11) is 2.55. The molecule has 0 aliphatic carbocycles. The summed E-state index contributed by atoms with van der Waals surface area (Å²) in [4.78, 5) is 40.0. The Hall–Kier alpha value is -3.27. The largest absolute Gasteiger partial charge is 0.332 e. The number of carbonyl (C=O) groups is 3. The molecule has 4 amide bonds. The number of carbonyl (C=O) groups excluding carboxylic acids is 3. The number of hydroxylamine groups is 2. The maximum absolute atomic E-state index is 13.0. The second-order valence-corrected chi connectivity index (χ2v) is 8.09. The van der Waals surface area contributed by atoms with Crippen molar-refractivity contribution in [3.63, 3.8) is 0 Å². The Labute approximate surface area is 193 Å². The van der Waals surface area contributed by atoms with Gasteiger partial charge in [-0.3, -0.25) is 24.6 Å². The lowest BCUT2D eigenvalue weighted by Crippen LogP contribution is -2.64. The van der Waals surface area contributed by atoms with Crippen molar-refractivity contribution in [1.82, 2.24) is 14.9 Å². The second kappa shape index (κ2) is 8.34. The average Bonchev–Trinajstić information content (AvgIpc) is 2.78. The molecule has 2 heterocycles. The lowest BCUT2D eigenvalue weighted by atomic mass is 9.87. The minimum Gasteiger partial charge on any atom is -0.286 e. The van der Waals surface area contributed by atoms with E-state index >= 15 is 0 Å². The molecule has 1 unspecified atom stereocenters. The fourth-order valence-corrected chi connectivity index (χ4v) is 4.14. The fourth-order valence-electron chi connectivity index (χ4n) is 3.64. The van der Waals surface area contributed by atoms with Gasteiger partial charge in [0.2, 0.25) is 11.8 Å². The van der Waals surface area contributed by atoms with Gasteiger partial charge in [0, 0.05) is 30.2 Å². The van der Waals surface area contributed by atoms with Crippen LogP contribution in [0.5, 0.6) is 0 Å². The van der Waals surface area contributed by atoms with Crippen molar-refractivity contribution in [2.24, 2.45) is 16.1 Å². The molecule has 11 heteroatoms. The number of imide groups is 2. The van der Waals surface area contributed by atoms with Gasteiger partial charge in [-0.05, 0) is 18.2 Å².